The highest BCUT2D eigenvalue weighted by Gasteiger charge is 2.07. The molecule has 3 heteroatoms. The Kier molecular flexibility index (Phi) is 3.20. The number of aryl methyl sites for hydroxylation is 1. The topological polar surface area (TPSA) is 0 Å². The highest BCUT2D eigenvalue weighted by atomic mass is 79.9. The van der Waals surface area contributed by atoms with Gasteiger partial charge in [0.15, 0.2) is 0 Å². The van der Waals surface area contributed by atoms with E-state index in [0.29, 0.717) is 0 Å². The van der Waals surface area contributed by atoms with Crippen LogP contribution in [0.5, 0.6) is 0 Å². The highest BCUT2D eigenvalue weighted by molar-refractivity contribution is 9.10. The standard InChI is InChI=1S/C11H11BrS2/c1-3-8-6-7-4-5-9(13-2)10(12)11(7)14-8/h4-6H,3H2,1-2H3. The molecule has 0 N–H and O–H groups in total. The van der Waals surface area contributed by atoms with Crippen LogP contribution in [0.15, 0.2) is 27.6 Å². The number of thioether (sulfide) groups is 1. The van der Waals surface area contributed by atoms with E-state index in [2.05, 4.69) is 47.3 Å². The monoisotopic (exact) mass is 286 g/mol. The lowest BCUT2D eigenvalue weighted by atomic mass is 10.2. The molecule has 2 aromatic rings. The summed E-state index contributed by atoms with van der Waals surface area (Å²) in [6.45, 7) is 2.20. The molecule has 74 valence electrons. The first-order chi connectivity index (χ1) is 6.76. The molecular formula is C11H11BrS2. The van der Waals surface area contributed by atoms with Crippen LogP contribution in [-0.4, -0.2) is 6.26 Å². The average Bonchev–Trinajstić information content (AvgIpc) is 2.62. The molecule has 0 bridgehead atoms. The van der Waals surface area contributed by atoms with Crippen LogP contribution in [0.3, 0.4) is 0 Å². The molecule has 0 nitrogen and oxygen atoms in total. The predicted molar refractivity (Wildman–Crippen MR) is 70.7 cm³/mol. The van der Waals surface area contributed by atoms with Gasteiger partial charge in [0, 0.05) is 18.9 Å². The summed E-state index contributed by atoms with van der Waals surface area (Å²) in [5, 5.41) is 1.36. The van der Waals surface area contributed by atoms with Gasteiger partial charge in [-0.1, -0.05) is 13.0 Å². The molecule has 0 aliphatic rings. The zero-order chi connectivity index (χ0) is 10.1. The Balaban J connectivity index is 2.68. The van der Waals surface area contributed by atoms with Crippen molar-refractivity contribution >= 4 is 49.1 Å². The van der Waals surface area contributed by atoms with Gasteiger partial charge < -0.3 is 0 Å². The maximum absolute atomic E-state index is 3.67. The summed E-state index contributed by atoms with van der Waals surface area (Å²) in [5.74, 6) is 0. The van der Waals surface area contributed by atoms with Crippen molar-refractivity contribution in [1.82, 2.24) is 0 Å². The van der Waals surface area contributed by atoms with Crippen LogP contribution in [0.25, 0.3) is 10.1 Å². The van der Waals surface area contributed by atoms with Gasteiger partial charge in [0.1, 0.15) is 0 Å². The lowest BCUT2D eigenvalue weighted by Gasteiger charge is -2.00. The minimum atomic E-state index is 1.13. The van der Waals surface area contributed by atoms with E-state index in [4.69, 9.17) is 0 Å². The van der Waals surface area contributed by atoms with Crippen molar-refractivity contribution in [1.29, 1.82) is 0 Å². The van der Waals surface area contributed by atoms with Crippen LogP contribution >= 0.6 is 39.0 Å². The van der Waals surface area contributed by atoms with E-state index in [0.717, 1.165) is 6.42 Å². The molecule has 0 unspecified atom stereocenters. The quantitative estimate of drug-likeness (QED) is 0.704. The smallest absolute Gasteiger partial charge is 0.0499 e. The van der Waals surface area contributed by atoms with Gasteiger partial charge in [-0.25, -0.2) is 0 Å². The minimum absolute atomic E-state index is 1.13. The normalized spacial score (nSPS) is 11.1. The van der Waals surface area contributed by atoms with Crippen LogP contribution in [-0.2, 0) is 6.42 Å². The Labute approximate surface area is 101 Å². The number of halogens is 1. The first kappa shape index (κ1) is 10.5. The van der Waals surface area contributed by atoms with E-state index >= 15 is 0 Å². The van der Waals surface area contributed by atoms with Gasteiger partial charge in [-0.05, 0) is 46.1 Å². The van der Waals surface area contributed by atoms with Crippen LogP contribution in [0, 0.1) is 0 Å². The van der Waals surface area contributed by atoms with Crippen LogP contribution in [0.4, 0.5) is 0 Å². The molecule has 0 spiro atoms. The zero-order valence-corrected chi connectivity index (χ0v) is 11.4. The van der Waals surface area contributed by atoms with E-state index in [1.54, 1.807) is 11.8 Å². The second-order valence-electron chi connectivity index (χ2n) is 3.07. The third-order valence-electron chi connectivity index (χ3n) is 2.21. The first-order valence-electron chi connectivity index (χ1n) is 4.51. The molecule has 0 fully saturated rings. The summed E-state index contributed by atoms with van der Waals surface area (Å²) in [4.78, 5) is 2.78. The summed E-state index contributed by atoms with van der Waals surface area (Å²) >= 11 is 7.35. The van der Waals surface area contributed by atoms with E-state index < -0.39 is 0 Å². The number of hydrogen-bond donors (Lipinski definition) is 0. The second-order valence-corrected chi connectivity index (χ2v) is 5.84. The van der Waals surface area contributed by atoms with E-state index in [-0.39, 0.29) is 0 Å². The lowest BCUT2D eigenvalue weighted by molar-refractivity contribution is 1.19. The molecule has 0 amide bonds. The van der Waals surface area contributed by atoms with Gasteiger partial charge in [0.05, 0.1) is 0 Å². The van der Waals surface area contributed by atoms with E-state index in [1.807, 2.05) is 11.3 Å². The van der Waals surface area contributed by atoms with Crippen molar-refractivity contribution < 1.29 is 0 Å². The third kappa shape index (κ3) is 1.73. The van der Waals surface area contributed by atoms with Gasteiger partial charge >= 0.3 is 0 Å². The van der Waals surface area contributed by atoms with Crippen molar-refractivity contribution in [2.24, 2.45) is 0 Å². The molecule has 0 saturated heterocycles. The third-order valence-corrected chi connectivity index (χ3v) is 5.65. The van der Waals surface area contributed by atoms with E-state index in [1.165, 1.54) is 24.3 Å². The van der Waals surface area contributed by atoms with Crippen molar-refractivity contribution in [3.63, 3.8) is 0 Å². The Hall–Kier alpha value is 0.01000. The Morgan fingerprint density at radius 2 is 2.21 bits per heavy atom. The molecule has 1 aromatic heterocycles. The molecule has 1 heterocycles. The first-order valence-corrected chi connectivity index (χ1v) is 7.34. The number of rotatable bonds is 2. The van der Waals surface area contributed by atoms with Gasteiger partial charge in [-0.2, -0.15) is 0 Å². The van der Waals surface area contributed by atoms with Gasteiger partial charge in [-0.15, -0.1) is 23.1 Å². The molecule has 0 radical (unpaired) electrons. The van der Waals surface area contributed by atoms with Crippen molar-refractivity contribution in [2.45, 2.75) is 18.2 Å². The average molecular weight is 287 g/mol. The van der Waals surface area contributed by atoms with Crippen LogP contribution in [0.2, 0.25) is 0 Å². The van der Waals surface area contributed by atoms with Gasteiger partial charge in [0.2, 0.25) is 0 Å². The fourth-order valence-corrected chi connectivity index (χ4v) is 4.11. The predicted octanol–water partition coefficient (Wildman–Crippen LogP) is 4.95. The maximum atomic E-state index is 3.67. The highest BCUT2D eigenvalue weighted by Crippen LogP contribution is 2.37. The maximum Gasteiger partial charge on any atom is 0.0499 e. The largest absolute Gasteiger partial charge is 0.139 e. The summed E-state index contributed by atoms with van der Waals surface area (Å²) in [6, 6.07) is 6.68. The zero-order valence-electron chi connectivity index (χ0n) is 8.13. The van der Waals surface area contributed by atoms with Crippen LogP contribution < -0.4 is 0 Å². The second kappa shape index (κ2) is 4.25. The molecular weight excluding hydrogens is 276 g/mol. The lowest BCUT2D eigenvalue weighted by Crippen LogP contribution is -1.72. The van der Waals surface area contributed by atoms with Crippen molar-refractivity contribution in [2.75, 3.05) is 6.26 Å². The van der Waals surface area contributed by atoms with E-state index in [9.17, 15) is 0 Å². The summed E-state index contributed by atoms with van der Waals surface area (Å²) in [6.07, 6.45) is 3.24. The Morgan fingerprint density at radius 3 is 2.86 bits per heavy atom. The SMILES string of the molecule is CCc1cc2ccc(SC)c(Br)c2s1. The Bertz CT molecular complexity index is 460. The molecule has 0 aliphatic heterocycles. The number of thiophene rings is 1. The Morgan fingerprint density at radius 1 is 1.43 bits per heavy atom. The molecule has 0 saturated carbocycles. The minimum Gasteiger partial charge on any atom is -0.139 e. The van der Waals surface area contributed by atoms with Crippen molar-refractivity contribution in [3.05, 3.63) is 27.5 Å². The fourth-order valence-electron chi connectivity index (χ4n) is 1.44. The number of hydrogen-bond acceptors (Lipinski definition) is 2. The van der Waals surface area contributed by atoms with Gasteiger partial charge in [0.25, 0.3) is 0 Å². The number of benzene rings is 1. The molecule has 0 atom stereocenters. The summed E-state index contributed by atoms with van der Waals surface area (Å²) in [7, 11) is 0. The van der Waals surface area contributed by atoms with Crippen molar-refractivity contribution in [3.8, 4) is 0 Å². The summed E-state index contributed by atoms with van der Waals surface area (Å²) in [5.41, 5.74) is 0. The number of fused-ring (bicyclic) bond motifs is 1. The fraction of sp³-hybridized carbons (Fsp3) is 0.273. The van der Waals surface area contributed by atoms with Crippen LogP contribution in [0.1, 0.15) is 11.8 Å². The molecule has 14 heavy (non-hydrogen) atoms. The molecule has 2 rings (SSSR count). The molecule has 1 aromatic carbocycles. The summed E-state index contributed by atoms with van der Waals surface area (Å²) < 4.78 is 2.64. The van der Waals surface area contributed by atoms with Gasteiger partial charge in [-0.3, -0.25) is 0 Å². The molecule has 0 aliphatic carbocycles.